The molecule has 6 heteroatoms. The van der Waals surface area contributed by atoms with Gasteiger partial charge in [-0.2, -0.15) is 0 Å². The summed E-state index contributed by atoms with van der Waals surface area (Å²) in [4.78, 5) is 26.9. The van der Waals surface area contributed by atoms with Crippen LogP contribution in [0, 0.1) is 0 Å². The van der Waals surface area contributed by atoms with Gasteiger partial charge in [0, 0.05) is 20.1 Å². The number of hydrogen-bond acceptors (Lipinski definition) is 3. The van der Waals surface area contributed by atoms with Crippen molar-refractivity contribution in [2.45, 2.75) is 26.1 Å². The highest BCUT2D eigenvalue weighted by Gasteiger charge is 2.29. The van der Waals surface area contributed by atoms with Crippen LogP contribution < -0.4 is 4.90 Å². The first-order valence-corrected chi connectivity index (χ1v) is 6.90. The number of carboxylic acids is 1. The maximum Gasteiger partial charge on any atom is 0.337 e. The third-order valence-electron chi connectivity index (χ3n) is 3.47. The molecule has 0 radical (unpaired) electrons. The highest BCUT2D eigenvalue weighted by Crippen LogP contribution is 2.22. The van der Waals surface area contributed by atoms with Crippen molar-refractivity contribution in [3.05, 3.63) is 29.8 Å². The number of morpholine rings is 1. The molecule has 21 heavy (non-hydrogen) atoms. The molecule has 0 saturated carbocycles. The third-order valence-corrected chi connectivity index (χ3v) is 3.47. The summed E-state index contributed by atoms with van der Waals surface area (Å²) >= 11 is 0. The number of aromatic carboxylic acids is 1. The van der Waals surface area contributed by atoms with E-state index in [4.69, 9.17) is 4.74 Å². The van der Waals surface area contributed by atoms with Crippen LogP contribution in [0.2, 0.25) is 0 Å². The second kappa shape index (κ2) is 6.13. The molecule has 0 unspecified atom stereocenters. The van der Waals surface area contributed by atoms with Crippen LogP contribution in [0.25, 0.3) is 0 Å². The number of benzene rings is 1. The minimum absolute atomic E-state index is 0.0270. The Labute approximate surface area is 123 Å². The van der Waals surface area contributed by atoms with Gasteiger partial charge in [-0.25, -0.2) is 9.59 Å². The van der Waals surface area contributed by atoms with Crippen LogP contribution >= 0.6 is 0 Å². The first-order chi connectivity index (χ1) is 9.90. The largest absolute Gasteiger partial charge is 0.478 e. The van der Waals surface area contributed by atoms with E-state index in [0.717, 1.165) is 0 Å². The Morgan fingerprint density at radius 3 is 2.38 bits per heavy atom. The summed E-state index contributed by atoms with van der Waals surface area (Å²) in [5.74, 6) is -1.05. The number of amides is 2. The van der Waals surface area contributed by atoms with E-state index in [2.05, 4.69) is 0 Å². The second-order valence-electron chi connectivity index (χ2n) is 5.33. The third kappa shape index (κ3) is 3.33. The van der Waals surface area contributed by atoms with Crippen LogP contribution in [0.15, 0.2) is 24.3 Å². The molecule has 6 nitrogen and oxygen atoms in total. The Kier molecular flexibility index (Phi) is 4.47. The Bertz CT molecular complexity index is 536. The summed E-state index contributed by atoms with van der Waals surface area (Å²) in [7, 11) is 1.59. The van der Waals surface area contributed by atoms with E-state index in [9.17, 15) is 14.7 Å². The Morgan fingerprint density at radius 2 is 1.81 bits per heavy atom. The number of nitrogens with zero attached hydrogens (tertiary/aromatic N) is 2. The molecular formula is C15H20N2O4. The fraction of sp³-hybridized carbons (Fsp3) is 0.467. The molecule has 2 rings (SSSR count). The number of carbonyl (C=O) groups is 2. The molecule has 114 valence electrons. The van der Waals surface area contributed by atoms with Gasteiger partial charge in [0.1, 0.15) is 0 Å². The van der Waals surface area contributed by atoms with Crippen molar-refractivity contribution < 1.29 is 19.4 Å². The Balaban J connectivity index is 2.21. The molecule has 1 saturated heterocycles. The molecule has 1 fully saturated rings. The van der Waals surface area contributed by atoms with Crippen LogP contribution in [-0.2, 0) is 4.74 Å². The molecule has 0 aromatic heterocycles. The van der Waals surface area contributed by atoms with Gasteiger partial charge in [-0.15, -0.1) is 0 Å². The van der Waals surface area contributed by atoms with Crippen molar-refractivity contribution in [1.29, 1.82) is 0 Å². The minimum Gasteiger partial charge on any atom is -0.478 e. The topological polar surface area (TPSA) is 70.1 Å². The molecular weight excluding hydrogens is 272 g/mol. The van der Waals surface area contributed by atoms with Gasteiger partial charge < -0.3 is 14.7 Å². The highest BCUT2D eigenvalue weighted by atomic mass is 16.5. The number of para-hydroxylation sites is 1. The summed E-state index contributed by atoms with van der Waals surface area (Å²) in [5, 5.41) is 9.22. The number of urea groups is 1. The lowest BCUT2D eigenvalue weighted by atomic mass is 10.1. The maximum atomic E-state index is 12.6. The summed E-state index contributed by atoms with van der Waals surface area (Å²) in [6.07, 6.45) is -0.0540. The molecule has 2 atom stereocenters. The monoisotopic (exact) mass is 292 g/mol. The fourth-order valence-corrected chi connectivity index (χ4v) is 2.60. The van der Waals surface area contributed by atoms with E-state index in [1.807, 2.05) is 13.8 Å². The van der Waals surface area contributed by atoms with Gasteiger partial charge in [-0.3, -0.25) is 4.90 Å². The van der Waals surface area contributed by atoms with Crippen LogP contribution in [0.5, 0.6) is 0 Å². The Hall–Kier alpha value is -2.08. The van der Waals surface area contributed by atoms with Crippen LogP contribution in [0.4, 0.5) is 10.5 Å². The zero-order chi connectivity index (χ0) is 15.6. The van der Waals surface area contributed by atoms with Gasteiger partial charge in [0.25, 0.3) is 0 Å². The van der Waals surface area contributed by atoms with Crippen LogP contribution in [0.1, 0.15) is 24.2 Å². The van der Waals surface area contributed by atoms with Crippen LogP contribution in [0.3, 0.4) is 0 Å². The Morgan fingerprint density at radius 1 is 1.24 bits per heavy atom. The first kappa shape index (κ1) is 15.3. The second-order valence-corrected chi connectivity index (χ2v) is 5.33. The molecule has 1 aromatic carbocycles. The van der Waals surface area contributed by atoms with E-state index < -0.39 is 5.97 Å². The van der Waals surface area contributed by atoms with Gasteiger partial charge in [-0.1, -0.05) is 12.1 Å². The van der Waals surface area contributed by atoms with E-state index in [1.54, 1.807) is 30.1 Å². The average molecular weight is 292 g/mol. The summed E-state index contributed by atoms with van der Waals surface area (Å²) < 4.78 is 5.61. The van der Waals surface area contributed by atoms with E-state index in [1.165, 1.54) is 11.0 Å². The number of rotatable bonds is 2. The average Bonchev–Trinajstić information content (AvgIpc) is 2.44. The smallest absolute Gasteiger partial charge is 0.337 e. The van der Waals surface area contributed by atoms with Crippen molar-refractivity contribution in [2.24, 2.45) is 0 Å². The molecule has 0 aliphatic carbocycles. The molecule has 1 aliphatic rings. The SMILES string of the molecule is C[C@@H]1CN(C(=O)N(C)c2ccccc2C(=O)O)C[C@H](C)O1. The van der Waals surface area contributed by atoms with Crippen molar-refractivity contribution in [1.82, 2.24) is 4.90 Å². The zero-order valence-corrected chi connectivity index (χ0v) is 12.4. The number of hydrogen-bond donors (Lipinski definition) is 1. The van der Waals surface area contributed by atoms with Crippen molar-refractivity contribution >= 4 is 17.7 Å². The van der Waals surface area contributed by atoms with Crippen molar-refractivity contribution in [3.8, 4) is 0 Å². The lowest BCUT2D eigenvalue weighted by molar-refractivity contribution is -0.0536. The van der Waals surface area contributed by atoms with Gasteiger partial charge in [0.05, 0.1) is 23.5 Å². The number of ether oxygens (including phenoxy) is 1. The summed E-state index contributed by atoms with van der Waals surface area (Å²) in [5.41, 5.74) is 0.504. The molecule has 1 aliphatic heterocycles. The molecule has 0 spiro atoms. The number of carboxylic acid groups (broad SMARTS) is 1. The maximum absolute atomic E-state index is 12.6. The first-order valence-electron chi connectivity index (χ1n) is 6.90. The lowest BCUT2D eigenvalue weighted by Gasteiger charge is -2.37. The van der Waals surface area contributed by atoms with Crippen molar-refractivity contribution in [2.75, 3.05) is 25.0 Å². The molecule has 2 amide bonds. The number of carbonyl (C=O) groups excluding carboxylic acids is 1. The summed E-state index contributed by atoms with van der Waals surface area (Å²) in [6, 6.07) is 6.27. The zero-order valence-electron chi connectivity index (χ0n) is 12.4. The molecule has 1 aromatic rings. The van der Waals surface area contributed by atoms with Gasteiger partial charge in [0.2, 0.25) is 0 Å². The van der Waals surface area contributed by atoms with E-state index >= 15 is 0 Å². The lowest BCUT2D eigenvalue weighted by Crippen LogP contribution is -2.52. The molecule has 1 N–H and O–H groups in total. The van der Waals surface area contributed by atoms with E-state index in [-0.39, 0.29) is 23.8 Å². The molecule has 0 bridgehead atoms. The minimum atomic E-state index is -1.05. The van der Waals surface area contributed by atoms with E-state index in [0.29, 0.717) is 18.8 Å². The van der Waals surface area contributed by atoms with Crippen molar-refractivity contribution in [3.63, 3.8) is 0 Å². The standard InChI is InChI=1S/C15H20N2O4/c1-10-8-17(9-11(2)21-10)15(20)16(3)13-7-5-4-6-12(13)14(18)19/h4-7,10-11H,8-9H2,1-3H3,(H,18,19)/t10-,11+. The van der Waals surface area contributed by atoms with Gasteiger partial charge >= 0.3 is 12.0 Å². The normalized spacial score (nSPS) is 22.0. The number of anilines is 1. The van der Waals surface area contributed by atoms with Gasteiger partial charge in [0.15, 0.2) is 0 Å². The summed E-state index contributed by atoms with van der Waals surface area (Å²) in [6.45, 7) is 4.84. The molecule has 1 heterocycles. The quantitative estimate of drug-likeness (QED) is 0.905. The predicted octanol–water partition coefficient (Wildman–Crippen LogP) is 2.05. The van der Waals surface area contributed by atoms with Gasteiger partial charge in [-0.05, 0) is 26.0 Å². The highest BCUT2D eigenvalue weighted by molar-refractivity contribution is 6.01. The fourth-order valence-electron chi connectivity index (χ4n) is 2.60. The van der Waals surface area contributed by atoms with Crippen LogP contribution in [-0.4, -0.2) is 54.4 Å². The predicted molar refractivity (Wildman–Crippen MR) is 78.8 cm³/mol.